The molecule has 0 aromatic carbocycles. The molecule has 234 valence electrons. The molecule has 0 saturated carbocycles. The van der Waals surface area contributed by atoms with Crippen molar-refractivity contribution in [3.05, 3.63) is 26.5 Å². The maximum Gasteiger partial charge on any atom is 0.357 e. The third-order valence-corrected chi connectivity index (χ3v) is 13.4. The highest BCUT2D eigenvalue weighted by atomic mass is 32.1. The first-order chi connectivity index (χ1) is 19.1. The normalized spacial score (nSPS) is 15.1. The van der Waals surface area contributed by atoms with Gasteiger partial charge < -0.3 is 9.16 Å². The minimum atomic E-state index is -2.30. The topological polar surface area (TPSA) is 127 Å². The summed E-state index contributed by atoms with van der Waals surface area (Å²) in [6.45, 7) is 21.4. The van der Waals surface area contributed by atoms with Crippen LogP contribution in [0.25, 0.3) is 10.4 Å². The van der Waals surface area contributed by atoms with Gasteiger partial charge in [-0.05, 0) is 41.9 Å². The summed E-state index contributed by atoms with van der Waals surface area (Å²) in [5, 5.41) is 7.62. The maximum absolute atomic E-state index is 14.0. The lowest BCUT2D eigenvalue weighted by atomic mass is 9.94. The fraction of sp³-hybridized carbons (Fsp3) is 0.828. The maximum atomic E-state index is 14.0. The standard InChI is InChI=1S/C29H53N5O5SSi/c1-12-14-15-16-17-38-34(27(35)25(32-33-30)21(5)13-2)23(20(3)4)18-24(39-41(10,11)29(6,7)8)26-31-22(19-40-26)28(36)37-9/h19-21,23-25H,12-18H2,1-11H3/t21-,23+,24+,25-/m0/s1. The van der Waals surface area contributed by atoms with Gasteiger partial charge in [-0.2, -0.15) is 0 Å². The molecule has 41 heavy (non-hydrogen) atoms. The Bertz CT molecular complexity index is 1010. The van der Waals surface area contributed by atoms with Crippen molar-refractivity contribution in [2.24, 2.45) is 17.0 Å². The molecule has 1 rings (SSSR count). The number of methoxy groups -OCH3 is 1. The van der Waals surface area contributed by atoms with E-state index in [0.29, 0.717) is 24.5 Å². The molecule has 0 aliphatic rings. The SMILES string of the molecule is CCCCCCON(C(=O)[C@@H](N=[N+]=[N-])[C@@H](C)CC)[C@H](C[C@@H](O[Si](C)(C)C(C)(C)C)c1nc(C(=O)OC)cs1)C(C)C. The van der Waals surface area contributed by atoms with Crippen molar-refractivity contribution in [3.8, 4) is 0 Å². The first-order valence-corrected chi connectivity index (χ1v) is 18.7. The van der Waals surface area contributed by atoms with Crippen molar-refractivity contribution >= 4 is 31.5 Å². The van der Waals surface area contributed by atoms with Gasteiger partial charge in [0.2, 0.25) is 0 Å². The second-order valence-corrected chi connectivity index (χ2v) is 18.2. The average molecular weight is 612 g/mol. The van der Waals surface area contributed by atoms with E-state index in [4.69, 9.17) is 14.0 Å². The second-order valence-electron chi connectivity index (χ2n) is 12.6. The van der Waals surface area contributed by atoms with E-state index in [9.17, 15) is 15.1 Å². The molecule has 0 aliphatic heterocycles. The molecule has 0 spiro atoms. The lowest BCUT2D eigenvalue weighted by Gasteiger charge is -2.41. The number of hydrogen-bond donors (Lipinski definition) is 0. The Balaban J connectivity index is 3.58. The van der Waals surface area contributed by atoms with Crippen LogP contribution in [0.2, 0.25) is 18.1 Å². The number of esters is 1. The minimum Gasteiger partial charge on any atom is -0.464 e. The Morgan fingerprint density at radius 1 is 1.17 bits per heavy atom. The molecule has 0 radical (unpaired) electrons. The predicted molar refractivity (Wildman–Crippen MR) is 167 cm³/mol. The zero-order valence-electron chi connectivity index (χ0n) is 27.1. The van der Waals surface area contributed by atoms with Gasteiger partial charge in [0.05, 0.1) is 25.9 Å². The average Bonchev–Trinajstić information content (AvgIpc) is 3.40. The van der Waals surface area contributed by atoms with Gasteiger partial charge in [0.25, 0.3) is 5.91 Å². The van der Waals surface area contributed by atoms with E-state index in [2.05, 4.69) is 55.8 Å². The van der Waals surface area contributed by atoms with Gasteiger partial charge in [-0.3, -0.25) is 9.63 Å². The molecular formula is C29H53N5O5SSi. The molecule has 1 amide bonds. The molecule has 0 bridgehead atoms. The van der Waals surface area contributed by atoms with Gasteiger partial charge in [0, 0.05) is 16.7 Å². The summed E-state index contributed by atoms with van der Waals surface area (Å²) in [7, 11) is -0.968. The molecule has 1 aromatic heterocycles. The Labute approximate surface area is 252 Å². The van der Waals surface area contributed by atoms with Crippen LogP contribution in [0.1, 0.15) is 116 Å². The molecule has 0 unspecified atom stereocenters. The summed E-state index contributed by atoms with van der Waals surface area (Å²) in [5.74, 6) is -1.01. The highest BCUT2D eigenvalue weighted by molar-refractivity contribution is 7.09. The molecule has 10 nitrogen and oxygen atoms in total. The van der Waals surface area contributed by atoms with Crippen molar-refractivity contribution in [1.82, 2.24) is 10.0 Å². The van der Waals surface area contributed by atoms with Crippen LogP contribution in [0.5, 0.6) is 0 Å². The van der Waals surface area contributed by atoms with Gasteiger partial charge >= 0.3 is 5.97 Å². The number of hydroxylamine groups is 2. The van der Waals surface area contributed by atoms with Gasteiger partial charge in [0.15, 0.2) is 14.0 Å². The quantitative estimate of drug-likeness (QED) is 0.0311. The predicted octanol–water partition coefficient (Wildman–Crippen LogP) is 8.47. The van der Waals surface area contributed by atoms with Gasteiger partial charge in [-0.1, -0.05) is 86.2 Å². The lowest BCUT2D eigenvalue weighted by molar-refractivity contribution is -0.211. The summed E-state index contributed by atoms with van der Waals surface area (Å²) in [6, 6.07) is -1.28. The van der Waals surface area contributed by atoms with Crippen LogP contribution < -0.4 is 0 Å². The lowest BCUT2D eigenvalue weighted by Crippen LogP contribution is -2.50. The number of hydrogen-bond acceptors (Lipinski definition) is 8. The van der Waals surface area contributed by atoms with E-state index in [1.54, 1.807) is 5.38 Å². The number of azide groups is 1. The Hall–Kier alpha value is -1.98. The number of rotatable bonds is 18. The number of ether oxygens (including phenoxy) is 1. The zero-order chi connectivity index (χ0) is 31.4. The monoisotopic (exact) mass is 611 g/mol. The highest BCUT2D eigenvalue weighted by Gasteiger charge is 2.43. The van der Waals surface area contributed by atoms with E-state index >= 15 is 0 Å². The first kappa shape index (κ1) is 37.0. The summed E-state index contributed by atoms with van der Waals surface area (Å²) in [6.07, 6.45) is 4.61. The molecule has 4 atom stereocenters. The van der Waals surface area contributed by atoms with Crippen LogP contribution in [0.15, 0.2) is 10.5 Å². The van der Waals surface area contributed by atoms with Crippen molar-refractivity contribution in [2.45, 2.75) is 130 Å². The Morgan fingerprint density at radius 2 is 1.83 bits per heavy atom. The minimum absolute atomic E-state index is 0.0104. The first-order valence-electron chi connectivity index (χ1n) is 14.9. The van der Waals surface area contributed by atoms with Crippen LogP contribution in [0, 0.1) is 11.8 Å². The molecule has 0 aliphatic carbocycles. The smallest absolute Gasteiger partial charge is 0.357 e. The zero-order valence-corrected chi connectivity index (χ0v) is 28.9. The second kappa shape index (κ2) is 17.2. The molecular weight excluding hydrogens is 559 g/mol. The van der Waals surface area contributed by atoms with Gasteiger partial charge in [-0.25, -0.2) is 14.8 Å². The third kappa shape index (κ3) is 11.0. The molecule has 0 N–H and O–H groups in total. The summed E-state index contributed by atoms with van der Waals surface area (Å²) in [5.41, 5.74) is 9.52. The van der Waals surface area contributed by atoms with Gasteiger partial charge in [-0.15, -0.1) is 11.3 Å². The summed E-state index contributed by atoms with van der Waals surface area (Å²) >= 11 is 1.35. The van der Waals surface area contributed by atoms with Crippen LogP contribution >= 0.6 is 11.3 Å². The molecule has 1 aromatic rings. The van der Waals surface area contributed by atoms with Crippen molar-refractivity contribution in [2.75, 3.05) is 13.7 Å². The molecule has 12 heteroatoms. The Morgan fingerprint density at radius 3 is 2.34 bits per heavy atom. The molecule has 1 heterocycles. The van der Waals surface area contributed by atoms with Crippen LogP contribution in [-0.2, 0) is 18.8 Å². The number of thiazole rings is 1. The Kier molecular flexibility index (Phi) is 15.5. The number of carbonyl (C=O) groups is 2. The number of carbonyl (C=O) groups excluding carboxylic acids is 2. The van der Waals surface area contributed by atoms with Crippen LogP contribution in [0.4, 0.5) is 0 Å². The van der Waals surface area contributed by atoms with Crippen molar-refractivity contribution < 1.29 is 23.6 Å². The van der Waals surface area contributed by atoms with E-state index < -0.39 is 32.5 Å². The molecule has 0 fully saturated rings. The van der Waals surface area contributed by atoms with Gasteiger partial charge in [0.1, 0.15) is 11.0 Å². The third-order valence-electron chi connectivity index (χ3n) is 8.02. The summed E-state index contributed by atoms with van der Waals surface area (Å²) < 4.78 is 11.8. The number of amides is 1. The van der Waals surface area contributed by atoms with E-state index in [1.165, 1.54) is 23.5 Å². The van der Waals surface area contributed by atoms with Crippen LogP contribution in [-0.4, -0.2) is 56.0 Å². The fourth-order valence-electron chi connectivity index (χ4n) is 4.05. The number of nitrogens with zero attached hydrogens (tertiary/aromatic N) is 5. The van der Waals surface area contributed by atoms with E-state index in [0.717, 1.165) is 25.7 Å². The number of aromatic nitrogens is 1. The summed E-state index contributed by atoms with van der Waals surface area (Å²) in [4.78, 5) is 40.1. The van der Waals surface area contributed by atoms with Crippen molar-refractivity contribution in [3.63, 3.8) is 0 Å². The van der Waals surface area contributed by atoms with Crippen molar-refractivity contribution in [1.29, 1.82) is 0 Å². The highest BCUT2D eigenvalue weighted by Crippen LogP contribution is 2.42. The van der Waals surface area contributed by atoms with E-state index in [-0.39, 0.29) is 28.5 Å². The number of unbranched alkanes of at least 4 members (excludes halogenated alkanes) is 3. The fourth-order valence-corrected chi connectivity index (χ4v) is 6.24. The van der Waals surface area contributed by atoms with E-state index in [1.807, 2.05) is 27.7 Å². The largest absolute Gasteiger partial charge is 0.464 e. The molecule has 0 saturated heterocycles. The van der Waals surface area contributed by atoms with Crippen LogP contribution in [0.3, 0.4) is 0 Å².